The molecule has 2 atom stereocenters. The molecule has 2 N–H and O–H groups in total. The summed E-state index contributed by atoms with van der Waals surface area (Å²) in [5.41, 5.74) is 8.14. The molecule has 0 spiro atoms. The van der Waals surface area contributed by atoms with Crippen molar-refractivity contribution in [3.8, 4) is 0 Å². The van der Waals surface area contributed by atoms with E-state index in [1.165, 1.54) is 42.6 Å². The Kier molecular flexibility index (Phi) is 4.38. The lowest BCUT2D eigenvalue weighted by molar-refractivity contribution is 0.361. The van der Waals surface area contributed by atoms with Crippen LogP contribution >= 0.6 is 11.8 Å². The second-order valence-corrected chi connectivity index (χ2v) is 6.42. The first-order valence-corrected chi connectivity index (χ1v) is 7.61. The van der Waals surface area contributed by atoms with E-state index in [2.05, 4.69) is 37.7 Å². The normalized spacial score (nSPS) is 24.8. The average Bonchev–Trinajstić information content (AvgIpc) is 2.34. The molecule has 2 heteroatoms. The summed E-state index contributed by atoms with van der Waals surface area (Å²) in [6, 6.07) is 6.28. The van der Waals surface area contributed by atoms with Crippen LogP contribution in [0.2, 0.25) is 0 Å². The second-order valence-electron chi connectivity index (χ2n) is 5.13. The van der Waals surface area contributed by atoms with Crippen molar-refractivity contribution in [2.24, 2.45) is 5.92 Å². The quantitative estimate of drug-likeness (QED) is 0.790. The maximum absolute atomic E-state index is 5.89. The van der Waals surface area contributed by atoms with Crippen molar-refractivity contribution in [2.45, 2.75) is 56.1 Å². The van der Waals surface area contributed by atoms with E-state index in [1.54, 1.807) is 0 Å². The van der Waals surface area contributed by atoms with E-state index < -0.39 is 0 Å². The van der Waals surface area contributed by atoms with E-state index in [0.29, 0.717) is 0 Å². The van der Waals surface area contributed by atoms with Gasteiger partial charge in [-0.3, -0.25) is 0 Å². The summed E-state index contributed by atoms with van der Waals surface area (Å²) in [6.45, 7) is 4.52. The Morgan fingerprint density at radius 2 is 2.06 bits per heavy atom. The van der Waals surface area contributed by atoms with Gasteiger partial charge in [-0.1, -0.05) is 32.3 Å². The van der Waals surface area contributed by atoms with E-state index in [9.17, 15) is 0 Å². The Bertz CT molecular complexity index is 375. The van der Waals surface area contributed by atoms with Crippen LogP contribution in [0.5, 0.6) is 0 Å². The van der Waals surface area contributed by atoms with Gasteiger partial charge in [-0.05, 0) is 43.4 Å². The highest BCUT2D eigenvalue weighted by Crippen LogP contribution is 2.40. The van der Waals surface area contributed by atoms with Crippen LogP contribution in [0.3, 0.4) is 0 Å². The number of rotatable bonds is 3. The van der Waals surface area contributed by atoms with Crippen LogP contribution in [0.1, 0.15) is 44.6 Å². The molecule has 0 radical (unpaired) electrons. The van der Waals surface area contributed by atoms with Crippen LogP contribution in [0, 0.1) is 12.8 Å². The summed E-state index contributed by atoms with van der Waals surface area (Å²) in [7, 11) is 0. The molecule has 0 amide bonds. The molecule has 17 heavy (non-hydrogen) atoms. The van der Waals surface area contributed by atoms with Crippen molar-refractivity contribution < 1.29 is 0 Å². The zero-order chi connectivity index (χ0) is 12.3. The van der Waals surface area contributed by atoms with Crippen molar-refractivity contribution in [2.75, 3.05) is 5.73 Å². The molecule has 1 aromatic rings. The first-order valence-electron chi connectivity index (χ1n) is 6.73. The van der Waals surface area contributed by atoms with Gasteiger partial charge in [0.15, 0.2) is 0 Å². The van der Waals surface area contributed by atoms with E-state index in [4.69, 9.17) is 5.73 Å². The molecule has 1 fully saturated rings. The maximum Gasteiger partial charge on any atom is 0.0325 e. The van der Waals surface area contributed by atoms with Gasteiger partial charge in [0, 0.05) is 15.8 Å². The third-order valence-electron chi connectivity index (χ3n) is 3.85. The molecule has 1 aliphatic rings. The zero-order valence-corrected chi connectivity index (χ0v) is 11.7. The van der Waals surface area contributed by atoms with Gasteiger partial charge in [-0.25, -0.2) is 0 Å². The molecular weight excluding hydrogens is 226 g/mol. The molecule has 2 rings (SSSR count). The van der Waals surface area contributed by atoms with Crippen LogP contribution in [-0.2, 0) is 0 Å². The van der Waals surface area contributed by atoms with Gasteiger partial charge >= 0.3 is 0 Å². The second kappa shape index (κ2) is 5.81. The predicted molar refractivity (Wildman–Crippen MR) is 77.5 cm³/mol. The standard InChI is InChI=1S/C15H23NS/c1-3-12-6-4-5-7-14(12)17-15-10-13(16)9-8-11(15)2/h8-10,12,14H,3-7,16H2,1-2H3. The highest BCUT2D eigenvalue weighted by atomic mass is 32.2. The van der Waals surface area contributed by atoms with Crippen molar-refractivity contribution in [1.82, 2.24) is 0 Å². The number of hydrogen-bond donors (Lipinski definition) is 1. The molecule has 0 heterocycles. The molecule has 0 aliphatic heterocycles. The number of benzene rings is 1. The SMILES string of the molecule is CCC1CCCCC1Sc1cc(N)ccc1C. The summed E-state index contributed by atoms with van der Waals surface area (Å²) >= 11 is 2.06. The van der Waals surface area contributed by atoms with Crippen LogP contribution in [0.4, 0.5) is 5.69 Å². The highest BCUT2D eigenvalue weighted by Gasteiger charge is 2.24. The molecule has 1 aromatic carbocycles. The monoisotopic (exact) mass is 249 g/mol. The fourth-order valence-corrected chi connectivity index (χ4v) is 4.29. The number of thioether (sulfide) groups is 1. The third kappa shape index (κ3) is 3.19. The van der Waals surface area contributed by atoms with Crippen molar-refractivity contribution in [3.63, 3.8) is 0 Å². The van der Waals surface area contributed by atoms with Gasteiger partial charge in [0.1, 0.15) is 0 Å². The maximum atomic E-state index is 5.89. The third-order valence-corrected chi connectivity index (χ3v) is 5.47. The number of aryl methyl sites for hydroxylation is 1. The van der Waals surface area contributed by atoms with Crippen molar-refractivity contribution >= 4 is 17.4 Å². The smallest absolute Gasteiger partial charge is 0.0325 e. The summed E-state index contributed by atoms with van der Waals surface area (Å²) in [6.07, 6.45) is 6.92. The molecule has 0 saturated heterocycles. The summed E-state index contributed by atoms with van der Waals surface area (Å²) in [5, 5.41) is 0.800. The highest BCUT2D eigenvalue weighted by molar-refractivity contribution is 8.00. The molecule has 1 nitrogen and oxygen atoms in total. The van der Waals surface area contributed by atoms with E-state index in [0.717, 1.165) is 16.9 Å². The van der Waals surface area contributed by atoms with Crippen molar-refractivity contribution in [1.29, 1.82) is 0 Å². The molecule has 0 aromatic heterocycles. The molecule has 1 saturated carbocycles. The van der Waals surface area contributed by atoms with Crippen LogP contribution in [0.15, 0.2) is 23.1 Å². The number of nitrogens with two attached hydrogens (primary N) is 1. The first kappa shape index (κ1) is 12.8. The van der Waals surface area contributed by atoms with Gasteiger partial charge in [0.05, 0.1) is 0 Å². The lowest BCUT2D eigenvalue weighted by Gasteiger charge is -2.30. The van der Waals surface area contributed by atoms with Gasteiger partial charge in [0.25, 0.3) is 0 Å². The number of nitrogen functional groups attached to an aromatic ring is 1. The molecule has 0 bridgehead atoms. The molecular formula is C15H23NS. The predicted octanol–water partition coefficient (Wildman–Crippen LogP) is 4.64. The number of hydrogen-bond acceptors (Lipinski definition) is 2. The summed E-state index contributed by atoms with van der Waals surface area (Å²) in [5.74, 6) is 0.898. The van der Waals surface area contributed by atoms with Crippen LogP contribution < -0.4 is 5.73 Å². The molecule has 2 unspecified atom stereocenters. The zero-order valence-electron chi connectivity index (χ0n) is 10.9. The minimum Gasteiger partial charge on any atom is -0.399 e. The first-order chi connectivity index (χ1) is 8.20. The minimum atomic E-state index is 0.800. The number of anilines is 1. The van der Waals surface area contributed by atoms with E-state index >= 15 is 0 Å². The van der Waals surface area contributed by atoms with Gasteiger partial charge in [-0.2, -0.15) is 0 Å². The summed E-state index contributed by atoms with van der Waals surface area (Å²) in [4.78, 5) is 1.38. The lowest BCUT2D eigenvalue weighted by atomic mass is 9.87. The Labute approximate surface area is 109 Å². The van der Waals surface area contributed by atoms with Gasteiger partial charge in [-0.15, -0.1) is 11.8 Å². The Morgan fingerprint density at radius 1 is 1.29 bits per heavy atom. The topological polar surface area (TPSA) is 26.0 Å². The van der Waals surface area contributed by atoms with Gasteiger partial charge < -0.3 is 5.73 Å². The molecule has 94 valence electrons. The fraction of sp³-hybridized carbons (Fsp3) is 0.600. The minimum absolute atomic E-state index is 0.800. The Hall–Kier alpha value is -0.630. The summed E-state index contributed by atoms with van der Waals surface area (Å²) < 4.78 is 0. The Balaban J connectivity index is 2.10. The fourth-order valence-electron chi connectivity index (χ4n) is 2.70. The average molecular weight is 249 g/mol. The lowest BCUT2D eigenvalue weighted by Crippen LogP contribution is -2.21. The Morgan fingerprint density at radius 3 is 2.82 bits per heavy atom. The van der Waals surface area contributed by atoms with Crippen LogP contribution in [0.25, 0.3) is 0 Å². The van der Waals surface area contributed by atoms with E-state index in [1.807, 2.05) is 6.07 Å². The largest absolute Gasteiger partial charge is 0.399 e. The van der Waals surface area contributed by atoms with Gasteiger partial charge in [0.2, 0.25) is 0 Å². The van der Waals surface area contributed by atoms with Crippen LogP contribution in [-0.4, -0.2) is 5.25 Å². The molecule has 1 aliphatic carbocycles. The van der Waals surface area contributed by atoms with E-state index in [-0.39, 0.29) is 0 Å². The van der Waals surface area contributed by atoms with Crippen molar-refractivity contribution in [3.05, 3.63) is 23.8 Å².